The van der Waals surface area contributed by atoms with E-state index in [0.717, 1.165) is 18.4 Å². The van der Waals surface area contributed by atoms with Gasteiger partial charge >= 0.3 is 6.09 Å². The van der Waals surface area contributed by atoms with Crippen LogP contribution >= 0.6 is 0 Å². The lowest BCUT2D eigenvalue weighted by atomic mass is 10.1. The van der Waals surface area contributed by atoms with Gasteiger partial charge in [-0.3, -0.25) is 4.79 Å². The van der Waals surface area contributed by atoms with Crippen LogP contribution in [0.25, 0.3) is 0 Å². The summed E-state index contributed by atoms with van der Waals surface area (Å²) >= 11 is 0. The normalized spacial score (nSPS) is 18.1. The maximum Gasteiger partial charge on any atom is 0.410 e. The Labute approximate surface area is 124 Å². The molecule has 3 N–H and O–H groups in total. The average Bonchev–Trinajstić information content (AvgIpc) is 2.53. The van der Waals surface area contributed by atoms with Crippen molar-refractivity contribution in [3.05, 3.63) is 35.9 Å². The summed E-state index contributed by atoms with van der Waals surface area (Å²) in [6.07, 6.45) is 1.36. The molecule has 0 radical (unpaired) electrons. The van der Waals surface area contributed by atoms with Crippen molar-refractivity contribution in [3.8, 4) is 0 Å². The Morgan fingerprint density at radius 3 is 2.81 bits per heavy atom. The van der Waals surface area contributed by atoms with Gasteiger partial charge in [0.05, 0.1) is 6.54 Å². The molecule has 1 unspecified atom stereocenters. The Balaban J connectivity index is 1.80. The van der Waals surface area contributed by atoms with Crippen molar-refractivity contribution in [3.63, 3.8) is 0 Å². The lowest BCUT2D eigenvalue weighted by molar-refractivity contribution is -0.120. The number of carbonyl (C=O) groups excluding carboxylic acids is 2. The van der Waals surface area contributed by atoms with Gasteiger partial charge in [0.25, 0.3) is 0 Å². The molecule has 6 nitrogen and oxygen atoms in total. The minimum Gasteiger partial charge on any atom is -0.445 e. The van der Waals surface area contributed by atoms with E-state index in [1.165, 1.54) is 0 Å². The van der Waals surface area contributed by atoms with E-state index in [9.17, 15) is 9.59 Å². The molecule has 1 saturated heterocycles. The summed E-state index contributed by atoms with van der Waals surface area (Å²) in [5, 5.41) is 2.81. The van der Waals surface area contributed by atoms with Crippen LogP contribution in [-0.2, 0) is 16.1 Å². The van der Waals surface area contributed by atoms with Crippen LogP contribution in [0.3, 0.4) is 0 Å². The second-order valence-electron chi connectivity index (χ2n) is 5.10. The van der Waals surface area contributed by atoms with Gasteiger partial charge in [-0.05, 0) is 18.4 Å². The van der Waals surface area contributed by atoms with E-state index in [1.54, 1.807) is 4.90 Å². The van der Waals surface area contributed by atoms with Gasteiger partial charge in [-0.25, -0.2) is 4.79 Å². The molecule has 0 aliphatic carbocycles. The fraction of sp³-hybridized carbons (Fsp3) is 0.467. The molecule has 2 rings (SSSR count). The van der Waals surface area contributed by atoms with Gasteiger partial charge < -0.3 is 20.7 Å². The van der Waals surface area contributed by atoms with E-state index >= 15 is 0 Å². The zero-order valence-corrected chi connectivity index (χ0v) is 12.0. The van der Waals surface area contributed by atoms with Crippen molar-refractivity contribution in [2.45, 2.75) is 25.5 Å². The number of nitrogens with one attached hydrogen (secondary N) is 1. The second-order valence-corrected chi connectivity index (χ2v) is 5.10. The van der Waals surface area contributed by atoms with Crippen LogP contribution in [0, 0.1) is 0 Å². The van der Waals surface area contributed by atoms with Gasteiger partial charge in [0.2, 0.25) is 5.91 Å². The number of piperidine rings is 1. The van der Waals surface area contributed by atoms with Crippen LogP contribution in [0.15, 0.2) is 30.3 Å². The van der Waals surface area contributed by atoms with Crippen molar-refractivity contribution < 1.29 is 14.3 Å². The van der Waals surface area contributed by atoms with E-state index < -0.39 is 0 Å². The topological polar surface area (TPSA) is 84.7 Å². The Bertz CT molecular complexity index is 478. The molecule has 0 bridgehead atoms. The molecule has 1 aliphatic rings. The van der Waals surface area contributed by atoms with E-state index in [-0.39, 0.29) is 31.2 Å². The quantitative estimate of drug-likeness (QED) is 0.862. The van der Waals surface area contributed by atoms with Crippen LogP contribution in [0.4, 0.5) is 4.79 Å². The number of benzene rings is 1. The molecule has 0 spiro atoms. The SMILES string of the molecule is NCC(=O)NC1CCCN(C(=O)OCc2ccccc2)C1. The van der Waals surface area contributed by atoms with Gasteiger partial charge in [0, 0.05) is 19.1 Å². The Hall–Kier alpha value is -2.08. The molecule has 1 atom stereocenters. The van der Waals surface area contributed by atoms with Crippen LogP contribution in [-0.4, -0.2) is 42.6 Å². The zero-order valence-electron chi connectivity index (χ0n) is 12.0. The number of amides is 2. The van der Waals surface area contributed by atoms with Gasteiger partial charge in [-0.15, -0.1) is 0 Å². The highest BCUT2D eigenvalue weighted by atomic mass is 16.6. The maximum absolute atomic E-state index is 12.0. The molecule has 1 aromatic rings. The number of hydrogen-bond acceptors (Lipinski definition) is 4. The molecule has 114 valence electrons. The highest BCUT2D eigenvalue weighted by Crippen LogP contribution is 2.12. The molecule has 0 saturated carbocycles. The lowest BCUT2D eigenvalue weighted by Gasteiger charge is -2.32. The molecule has 1 heterocycles. The van der Waals surface area contributed by atoms with Gasteiger partial charge in [0.1, 0.15) is 6.61 Å². The van der Waals surface area contributed by atoms with Gasteiger partial charge in [-0.2, -0.15) is 0 Å². The van der Waals surface area contributed by atoms with Crippen LogP contribution in [0.1, 0.15) is 18.4 Å². The minimum absolute atomic E-state index is 0.0328. The standard InChI is InChI=1S/C15H21N3O3/c16-9-14(19)17-13-7-4-8-18(10-13)15(20)21-11-12-5-2-1-3-6-12/h1-3,5-6,13H,4,7-11,16H2,(H,17,19). The number of nitrogens with two attached hydrogens (primary N) is 1. The Morgan fingerprint density at radius 2 is 2.10 bits per heavy atom. The highest BCUT2D eigenvalue weighted by molar-refractivity contribution is 5.78. The first-order chi connectivity index (χ1) is 10.2. The Kier molecular flexibility index (Phi) is 5.57. The van der Waals surface area contributed by atoms with Crippen LogP contribution < -0.4 is 11.1 Å². The largest absolute Gasteiger partial charge is 0.445 e. The summed E-state index contributed by atoms with van der Waals surface area (Å²) in [6.45, 7) is 1.35. The molecule has 21 heavy (non-hydrogen) atoms. The Morgan fingerprint density at radius 1 is 1.33 bits per heavy atom. The predicted octanol–water partition coefficient (Wildman–Crippen LogP) is 0.862. The molecule has 1 aromatic carbocycles. The molecule has 0 aromatic heterocycles. The predicted molar refractivity (Wildman–Crippen MR) is 78.4 cm³/mol. The number of hydrogen-bond donors (Lipinski definition) is 2. The highest BCUT2D eigenvalue weighted by Gasteiger charge is 2.25. The third-order valence-corrected chi connectivity index (χ3v) is 3.44. The van der Waals surface area contributed by atoms with Crippen LogP contribution in [0.5, 0.6) is 0 Å². The summed E-state index contributed by atoms with van der Waals surface area (Å²) in [7, 11) is 0. The van der Waals surface area contributed by atoms with Gasteiger partial charge in [-0.1, -0.05) is 30.3 Å². The van der Waals surface area contributed by atoms with E-state index in [2.05, 4.69) is 5.32 Å². The minimum atomic E-state index is -0.342. The first-order valence-corrected chi connectivity index (χ1v) is 7.14. The second kappa shape index (κ2) is 7.64. The lowest BCUT2D eigenvalue weighted by Crippen LogP contribution is -2.50. The molecular weight excluding hydrogens is 270 g/mol. The van der Waals surface area contributed by atoms with E-state index in [1.807, 2.05) is 30.3 Å². The number of nitrogens with zero attached hydrogens (tertiary/aromatic N) is 1. The number of carbonyl (C=O) groups is 2. The number of likely N-dealkylation sites (tertiary alicyclic amines) is 1. The summed E-state index contributed by atoms with van der Waals surface area (Å²) in [5.74, 6) is -0.195. The summed E-state index contributed by atoms with van der Waals surface area (Å²) in [6, 6.07) is 9.51. The molecular formula is C15H21N3O3. The molecule has 2 amide bonds. The van der Waals surface area contributed by atoms with Crippen molar-refractivity contribution in [1.29, 1.82) is 0 Å². The average molecular weight is 291 g/mol. The van der Waals surface area contributed by atoms with Gasteiger partial charge in [0.15, 0.2) is 0 Å². The van der Waals surface area contributed by atoms with Crippen molar-refractivity contribution in [1.82, 2.24) is 10.2 Å². The molecule has 1 aliphatic heterocycles. The molecule has 6 heteroatoms. The smallest absolute Gasteiger partial charge is 0.410 e. The van der Waals surface area contributed by atoms with Crippen LogP contribution in [0.2, 0.25) is 0 Å². The van der Waals surface area contributed by atoms with Crippen molar-refractivity contribution >= 4 is 12.0 Å². The monoisotopic (exact) mass is 291 g/mol. The van der Waals surface area contributed by atoms with E-state index in [4.69, 9.17) is 10.5 Å². The first kappa shape index (κ1) is 15.3. The zero-order chi connectivity index (χ0) is 15.1. The summed E-state index contributed by atoms with van der Waals surface area (Å²) < 4.78 is 5.30. The van der Waals surface area contributed by atoms with Crippen molar-refractivity contribution in [2.24, 2.45) is 5.73 Å². The fourth-order valence-corrected chi connectivity index (χ4v) is 2.36. The first-order valence-electron chi connectivity index (χ1n) is 7.14. The number of ether oxygens (including phenoxy) is 1. The summed E-state index contributed by atoms with van der Waals surface area (Å²) in [5.41, 5.74) is 6.23. The third kappa shape index (κ3) is 4.75. The number of rotatable bonds is 4. The maximum atomic E-state index is 12.0. The summed E-state index contributed by atoms with van der Waals surface area (Å²) in [4.78, 5) is 25.0. The fourth-order valence-electron chi connectivity index (χ4n) is 2.36. The van der Waals surface area contributed by atoms with E-state index in [0.29, 0.717) is 13.1 Å². The van der Waals surface area contributed by atoms with Crippen molar-refractivity contribution in [2.75, 3.05) is 19.6 Å². The molecule has 1 fully saturated rings. The third-order valence-electron chi connectivity index (χ3n) is 3.44.